The van der Waals surface area contributed by atoms with Crippen molar-refractivity contribution in [1.29, 1.82) is 0 Å². The molecule has 82 valence electrons. The maximum atomic E-state index is 11.5. The van der Waals surface area contributed by atoms with Gasteiger partial charge in [0.05, 0.1) is 12.1 Å². The molecular formula is C12H17NO2. The first-order valence-electron chi connectivity index (χ1n) is 5.58. The van der Waals surface area contributed by atoms with Crippen LogP contribution in [0.4, 0.5) is 0 Å². The molecule has 1 heterocycles. The van der Waals surface area contributed by atoms with Crippen LogP contribution in [-0.4, -0.2) is 23.8 Å². The highest BCUT2D eigenvalue weighted by Gasteiger charge is 2.40. The third kappa shape index (κ3) is 1.96. The SMILES string of the molecule is C=C1CCC2(CCC(C(=O)OCC)=N2)C1. The Balaban J connectivity index is 2.08. The lowest BCUT2D eigenvalue weighted by atomic mass is 9.95. The van der Waals surface area contributed by atoms with E-state index in [4.69, 9.17) is 4.74 Å². The number of hydrogen-bond acceptors (Lipinski definition) is 3. The van der Waals surface area contributed by atoms with Crippen molar-refractivity contribution in [2.75, 3.05) is 6.61 Å². The monoisotopic (exact) mass is 207 g/mol. The highest BCUT2D eigenvalue weighted by molar-refractivity contribution is 6.37. The number of esters is 1. The van der Waals surface area contributed by atoms with Gasteiger partial charge < -0.3 is 4.74 Å². The smallest absolute Gasteiger partial charge is 0.352 e. The summed E-state index contributed by atoms with van der Waals surface area (Å²) in [5.74, 6) is -0.230. The largest absolute Gasteiger partial charge is 0.462 e. The summed E-state index contributed by atoms with van der Waals surface area (Å²) in [6.07, 6.45) is 4.82. The summed E-state index contributed by atoms with van der Waals surface area (Å²) in [6, 6.07) is 0. The van der Waals surface area contributed by atoms with Crippen LogP contribution in [0.25, 0.3) is 0 Å². The Labute approximate surface area is 90.2 Å². The van der Waals surface area contributed by atoms with Crippen molar-refractivity contribution in [3.05, 3.63) is 12.2 Å². The van der Waals surface area contributed by atoms with Gasteiger partial charge in [-0.1, -0.05) is 12.2 Å². The van der Waals surface area contributed by atoms with E-state index in [0.717, 1.165) is 32.1 Å². The Bertz CT molecular complexity index is 333. The van der Waals surface area contributed by atoms with Crippen LogP contribution in [0.1, 0.15) is 39.0 Å². The molecular weight excluding hydrogens is 190 g/mol. The van der Waals surface area contributed by atoms with Gasteiger partial charge in [-0.3, -0.25) is 4.99 Å². The second kappa shape index (κ2) is 3.80. The Morgan fingerprint density at radius 1 is 1.53 bits per heavy atom. The summed E-state index contributed by atoms with van der Waals surface area (Å²) in [7, 11) is 0. The molecule has 1 fully saturated rings. The number of hydrogen-bond donors (Lipinski definition) is 0. The highest BCUT2D eigenvalue weighted by atomic mass is 16.5. The first-order chi connectivity index (χ1) is 7.15. The average Bonchev–Trinajstić information content (AvgIpc) is 2.76. The quantitative estimate of drug-likeness (QED) is 0.514. The number of ether oxygens (including phenoxy) is 1. The van der Waals surface area contributed by atoms with Crippen molar-refractivity contribution in [3.63, 3.8) is 0 Å². The fourth-order valence-corrected chi connectivity index (χ4v) is 2.47. The molecule has 2 aliphatic rings. The molecule has 2 rings (SSSR count). The van der Waals surface area contributed by atoms with E-state index in [2.05, 4.69) is 11.6 Å². The fourth-order valence-electron chi connectivity index (χ4n) is 2.47. The van der Waals surface area contributed by atoms with Crippen LogP contribution in [0.15, 0.2) is 17.1 Å². The number of carbonyl (C=O) groups excluding carboxylic acids is 1. The molecule has 0 radical (unpaired) electrons. The molecule has 1 saturated carbocycles. The molecule has 1 spiro atoms. The van der Waals surface area contributed by atoms with Crippen LogP contribution in [0, 0.1) is 0 Å². The van der Waals surface area contributed by atoms with Gasteiger partial charge in [-0.15, -0.1) is 0 Å². The van der Waals surface area contributed by atoms with Crippen molar-refractivity contribution in [3.8, 4) is 0 Å². The van der Waals surface area contributed by atoms with E-state index in [1.165, 1.54) is 5.57 Å². The fraction of sp³-hybridized carbons (Fsp3) is 0.667. The minimum absolute atomic E-state index is 0.000815. The average molecular weight is 207 g/mol. The van der Waals surface area contributed by atoms with E-state index in [1.807, 2.05) is 6.92 Å². The molecule has 0 aromatic rings. The highest BCUT2D eigenvalue weighted by Crippen LogP contribution is 2.43. The molecule has 1 aliphatic carbocycles. The van der Waals surface area contributed by atoms with E-state index >= 15 is 0 Å². The minimum atomic E-state index is -0.230. The summed E-state index contributed by atoms with van der Waals surface area (Å²) < 4.78 is 4.96. The Hall–Kier alpha value is -1.12. The normalized spacial score (nSPS) is 29.7. The first-order valence-corrected chi connectivity index (χ1v) is 5.58. The first kappa shape index (κ1) is 10.4. The molecule has 0 bridgehead atoms. The zero-order valence-electron chi connectivity index (χ0n) is 9.21. The van der Waals surface area contributed by atoms with Crippen LogP contribution in [0.2, 0.25) is 0 Å². The van der Waals surface area contributed by atoms with E-state index in [0.29, 0.717) is 12.3 Å². The molecule has 1 unspecified atom stereocenters. The molecule has 1 atom stereocenters. The van der Waals surface area contributed by atoms with Gasteiger partial charge in [-0.05, 0) is 39.0 Å². The minimum Gasteiger partial charge on any atom is -0.462 e. The molecule has 1 aliphatic heterocycles. The lowest BCUT2D eigenvalue weighted by molar-refractivity contribution is -0.135. The predicted octanol–water partition coefficient (Wildman–Crippen LogP) is 2.26. The summed E-state index contributed by atoms with van der Waals surface area (Å²) in [5, 5.41) is 0. The van der Waals surface area contributed by atoms with Gasteiger partial charge >= 0.3 is 5.97 Å². The van der Waals surface area contributed by atoms with Crippen molar-refractivity contribution >= 4 is 11.7 Å². The number of rotatable bonds is 2. The number of aliphatic imine (C=N–C) groups is 1. The van der Waals surface area contributed by atoms with E-state index in [1.54, 1.807) is 0 Å². The van der Waals surface area contributed by atoms with E-state index in [-0.39, 0.29) is 11.5 Å². The van der Waals surface area contributed by atoms with Crippen LogP contribution >= 0.6 is 0 Å². The maximum absolute atomic E-state index is 11.5. The number of nitrogens with zero attached hydrogens (tertiary/aromatic N) is 1. The van der Waals surface area contributed by atoms with Crippen LogP contribution < -0.4 is 0 Å². The van der Waals surface area contributed by atoms with E-state index in [9.17, 15) is 4.79 Å². The molecule has 3 nitrogen and oxygen atoms in total. The third-order valence-electron chi connectivity index (χ3n) is 3.23. The third-order valence-corrected chi connectivity index (χ3v) is 3.23. The summed E-state index contributed by atoms with van der Waals surface area (Å²) >= 11 is 0. The lowest BCUT2D eigenvalue weighted by Gasteiger charge is -2.17. The molecule has 0 N–H and O–H groups in total. The number of carbonyl (C=O) groups is 1. The summed E-state index contributed by atoms with van der Waals surface area (Å²) in [6.45, 7) is 6.24. The Kier molecular flexibility index (Phi) is 2.63. The topological polar surface area (TPSA) is 38.7 Å². The van der Waals surface area contributed by atoms with E-state index < -0.39 is 0 Å². The van der Waals surface area contributed by atoms with Crippen LogP contribution in [0.5, 0.6) is 0 Å². The van der Waals surface area contributed by atoms with Gasteiger partial charge in [0.25, 0.3) is 0 Å². The molecule has 0 aromatic heterocycles. The second-order valence-electron chi connectivity index (χ2n) is 4.43. The Morgan fingerprint density at radius 3 is 2.87 bits per heavy atom. The van der Waals surface area contributed by atoms with Crippen LogP contribution in [0.3, 0.4) is 0 Å². The van der Waals surface area contributed by atoms with Gasteiger partial charge in [0.1, 0.15) is 5.71 Å². The van der Waals surface area contributed by atoms with Gasteiger partial charge in [-0.2, -0.15) is 0 Å². The predicted molar refractivity (Wildman–Crippen MR) is 59.0 cm³/mol. The van der Waals surface area contributed by atoms with Crippen molar-refractivity contribution in [2.24, 2.45) is 4.99 Å². The van der Waals surface area contributed by atoms with Gasteiger partial charge in [-0.25, -0.2) is 4.79 Å². The molecule has 15 heavy (non-hydrogen) atoms. The van der Waals surface area contributed by atoms with Crippen molar-refractivity contribution in [2.45, 2.75) is 44.6 Å². The Morgan fingerprint density at radius 2 is 2.27 bits per heavy atom. The van der Waals surface area contributed by atoms with Crippen molar-refractivity contribution in [1.82, 2.24) is 0 Å². The van der Waals surface area contributed by atoms with Gasteiger partial charge in [0.15, 0.2) is 0 Å². The lowest BCUT2D eigenvalue weighted by Crippen LogP contribution is -2.18. The van der Waals surface area contributed by atoms with Crippen LogP contribution in [-0.2, 0) is 9.53 Å². The molecule has 0 saturated heterocycles. The maximum Gasteiger partial charge on any atom is 0.352 e. The molecule has 3 heteroatoms. The van der Waals surface area contributed by atoms with Gasteiger partial charge in [0.2, 0.25) is 0 Å². The second-order valence-corrected chi connectivity index (χ2v) is 4.43. The molecule has 0 amide bonds. The molecule has 0 aromatic carbocycles. The summed E-state index contributed by atoms with van der Waals surface area (Å²) in [4.78, 5) is 16.1. The zero-order chi connectivity index (χ0) is 10.9. The summed E-state index contributed by atoms with van der Waals surface area (Å²) in [5.41, 5.74) is 1.90. The zero-order valence-corrected chi connectivity index (χ0v) is 9.21. The standard InChI is InChI=1S/C12H17NO2/c1-3-15-11(14)10-5-7-12(13-10)6-4-9(2)8-12/h2-8H2,1H3. The van der Waals surface area contributed by atoms with Gasteiger partial charge in [0, 0.05) is 0 Å². The van der Waals surface area contributed by atoms with Crippen molar-refractivity contribution < 1.29 is 9.53 Å².